The Morgan fingerprint density at radius 3 is 2.69 bits per heavy atom. The molecule has 0 unspecified atom stereocenters. The van der Waals surface area contributed by atoms with E-state index in [4.69, 9.17) is 9.47 Å². The van der Waals surface area contributed by atoms with Gasteiger partial charge in [-0.15, -0.1) is 0 Å². The summed E-state index contributed by atoms with van der Waals surface area (Å²) in [7, 11) is 2.94. The van der Waals surface area contributed by atoms with E-state index >= 15 is 0 Å². The second-order valence-corrected chi connectivity index (χ2v) is 3.18. The third-order valence-corrected chi connectivity index (χ3v) is 1.98. The number of hydrogen-bond acceptors (Lipinski definition) is 5. The number of ether oxygens (including phenoxy) is 3. The Morgan fingerprint density at radius 1 is 1.38 bits per heavy atom. The Kier molecular flexibility index (Phi) is 4.72. The van der Waals surface area contributed by atoms with Gasteiger partial charge in [0.05, 0.1) is 19.3 Å². The van der Waals surface area contributed by atoms with Gasteiger partial charge in [-0.1, -0.05) is 0 Å². The van der Waals surface area contributed by atoms with E-state index in [2.05, 4.69) is 9.72 Å². The molecule has 16 heavy (non-hydrogen) atoms. The van der Waals surface area contributed by atoms with E-state index in [9.17, 15) is 4.79 Å². The van der Waals surface area contributed by atoms with E-state index < -0.39 is 5.97 Å². The first kappa shape index (κ1) is 12.4. The first-order valence-corrected chi connectivity index (χ1v) is 4.85. The zero-order valence-electron chi connectivity index (χ0n) is 9.65. The van der Waals surface area contributed by atoms with Gasteiger partial charge in [-0.2, -0.15) is 0 Å². The van der Waals surface area contributed by atoms with Gasteiger partial charge in [-0.3, -0.25) is 0 Å². The predicted octanol–water partition coefficient (Wildman–Crippen LogP) is 1.20. The van der Waals surface area contributed by atoms with E-state index in [0.29, 0.717) is 24.7 Å². The lowest BCUT2D eigenvalue weighted by Crippen LogP contribution is -2.08. The molecule has 1 aromatic heterocycles. The maximum absolute atomic E-state index is 11.2. The lowest BCUT2D eigenvalue weighted by atomic mass is 10.2. The fraction of sp³-hybridized carbons (Fsp3) is 0.455. The number of hydrogen-bond donors (Lipinski definition) is 0. The molecule has 88 valence electrons. The zero-order chi connectivity index (χ0) is 12.0. The molecule has 0 bridgehead atoms. The number of carbonyl (C=O) groups excluding carboxylic acids is 1. The van der Waals surface area contributed by atoms with E-state index in [1.54, 1.807) is 13.2 Å². The molecule has 0 N–H and O–H groups in total. The lowest BCUT2D eigenvalue weighted by molar-refractivity contribution is 0.0600. The van der Waals surface area contributed by atoms with Crippen molar-refractivity contribution in [3.8, 4) is 5.88 Å². The first-order valence-electron chi connectivity index (χ1n) is 4.85. The monoisotopic (exact) mass is 225 g/mol. The van der Waals surface area contributed by atoms with Crippen molar-refractivity contribution in [3.05, 3.63) is 23.4 Å². The highest BCUT2D eigenvalue weighted by Gasteiger charge is 2.09. The van der Waals surface area contributed by atoms with Gasteiger partial charge in [0.15, 0.2) is 0 Å². The van der Waals surface area contributed by atoms with Crippen LogP contribution in [0.5, 0.6) is 5.88 Å². The number of aryl methyl sites for hydroxylation is 1. The molecule has 0 saturated heterocycles. The summed E-state index contributed by atoms with van der Waals surface area (Å²) in [6, 6.07) is 1.68. The predicted molar refractivity (Wildman–Crippen MR) is 57.7 cm³/mol. The number of pyridine rings is 1. The number of carbonyl (C=O) groups is 1. The van der Waals surface area contributed by atoms with Gasteiger partial charge in [0.1, 0.15) is 6.61 Å². The molecule has 0 amide bonds. The van der Waals surface area contributed by atoms with Gasteiger partial charge in [-0.25, -0.2) is 9.78 Å². The fourth-order valence-electron chi connectivity index (χ4n) is 1.16. The number of methoxy groups -OCH3 is 2. The van der Waals surface area contributed by atoms with Crippen molar-refractivity contribution in [3.63, 3.8) is 0 Å². The second-order valence-electron chi connectivity index (χ2n) is 3.18. The molecule has 0 aliphatic heterocycles. The largest absolute Gasteiger partial charge is 0.475 e. The van der Waals surface area contributed by atoms with Gasteiger partial charge >= 0.3 is 5.97 Å². The molecule has 0 aliphatic carbocycles. The summed E-state index contributed by atoms with van der Waals surface area (Å²) in [4.78, 5) is 15.3. The summed E-state index contributed by atoms with van der Waals surface area (Å²) in [6.45, 7) is 2.75. The molecule has 1 aromatic rings. The molecule has 5 heteroatoms. The van der Waals surface area contributed by atoms with Crippen LogP contribution in [0.3, 0.4) is 0 Å². The molecule has 0 radical (unpaired) electrons. The molecular formula is C11H15NO4. The van der Waals surface area contributed by atoms with Gasteiger partial charge < -0.3 is 14.2 Å². The summed E-state index contributed by atoms with van der Waals surface area (Å²) in [6.07, 6.45) is 1.43. The molecule has 0 aliphatic rings. The van der Waals surface area contributed by atoms with Crippen LogP contribution in [-0.4, -0.2) is 38.4 Å². The Balaban J connectivity index is 2.71. The van der Waals surface area contributed by atoms with Crippen molar-refractivity contribution in [1.82, 2.24) is 4.98 Å². The second kappa shape index (κ2) is 6.07. The normalized spacial score (nSPS) is 9.94. The standard InChI is InChI=1S/C11H15NO4/c1-8-6-9(11(13)15-3)7-12-10(8)16-5-4-14-2/h6-7H,4-5H2,1-3H3. The maximum Gasteiger partial charge on any atom is 0.339 e. The van der Waals surface area contributed by atoms with Crippen LogP contribution in [0.1, 0.15) is 15.9 Å². The van der Waals surface area contributed by atoms with E-state index in [1.165, 1.54) is 13.3 Å². The molecule has 0 fully saturated rings. The molecule has 0 aromatic carbocycles. The molecular weight excluding hydrogens is 210 g/mol. The summed E-state index contributed by atoms with van der Waals surface area (Å²) in [5, 5.41) is 0. The van der Waals surface area contributed by atoms with Crippen LogP contribution in [0.4, 0.5) is 0 Å². The minimum absolute atomic E-state index is 0.404. The molecule has 1 rings (SSSR count). The highest BCUT2D eigenvalue weighted by molar-refractivity contribution is 5.89. The maximum atomic E-state index is 11.2. The Labute approximate surface area is 94.3 Å². The topological polar surface area (TPSA) is 57.7 Å². The van der Waals surface area contributed by atoms with Crippen LogP contribution >= 0.6 is 0 Å². The summed E-state index contributed by atoms with van der Waals surface area (Å²) >= 11 is 0. The Hall–Kier alpha value is -1.62. The third-order valence-electron chi connectivity index (χ3n) is 1.98. The van der Waals surface area contributed by atoms with Crippen molar-refractivity contribution in [2.24, 2.45) is 0 Å². The quantitative estimate of drug-likeness (QED) is 0.556. The molecule has 0 saturated carbocycles. The van der Waals surface area contributed by atoms with Crippen LogP contribution < -0.4 is 4.74 Å². The first-order chi connectivity index (χ1) is 7.69. The van der Waals surface area contributed by atoms with Crippen LogP contribution in [0.15, 0.2) is 12.3 Å². The number of rotatable bonds is 5. The average molecular weight is 225 g/mol. The van der Waals surface area contributed by atoms with Crippen LogP contribution in [-0.2, 0) is 9.47 Å². The highest BCUT2D eigenvalue weighted by Crippen LogP contribution is 2.15. The van der Waals surface area contributed by atoms with Crippen molar-refractivity contribution in [2.45, 2.75) is 6.92 Å². The Morgan fingerprint density at radius 2 is 2.12 bits per heavy atom. The Bertz CT molecular complexity index is 365. The lowest BCUT2D eigenvalue weighted by Gasteiger charge is -2.08. The summed E-state index contributed by atoms with van der Waals surface area (Å²) in [5.74, 6) is 0.101. The number of nitrogens with zero attached hydrogens (tertiary/aromatic N) is 1. The number of aromatic nitrogens is 1. The smallest absolute Gasteiger partial charge is 0.339 e. The SMILES string of the molecule is COCCOc1ncc(C(=O)OC)cc1C. The highest BCUT2D eigenvalue weighted by atomic mass is 16.5. The van der Waals surface area contributed by atoms with Gasteiger partial charge in [0.2, 0.25) is 5.88 Å². The number of esters is 1. The minimum Gasteiger partial charge on any atom is -0.475 e. The van der Waals surface area contributed by atoms with Gasteiger partial charge in [-0.05, 0) is 13.0 Å². The van der Waals surface area contributed by atoms with E-state index in [-0.39, 0.29) is 0 Å². The molecule has 0 atom stereocenters. The van der Waals surface area contributed by atoms with Crippen LogP contribution in [0.2, 0.25) is 0 Å². The molecule has 1 heterocycles. The summed E-state index contributed by atoms with van der Waals surface area (Å²) in [5.41, 5.74) is 1.21. The molecule has 0 spiro atoms. The van der Waals surface area contributed by atoms with Crippen molar-refractivity contribution >= 4 is 5.97 Å². The van der Waals surface area contributed by atoms with E-state index in [1.807, 2.05) is 6.92 Å². The zero-order valence-corrected chi connectivity index (χ0v) is 9.65. The van der Waals surface area contributed by atoms with Gasteiger partial charge in [0.25, 0.3) is 0 Å². The minimum atomic E-state index is -0.404. The van der Waals surface area contributed by atoms with E-state index in [0.717, 1.165) is 5.56 Å². The van der Waals surface area contributed by atoms with Crippen molar-refractivity contribution in [2.75, 3.05) is 27.4 Å². The van der Waals surface area contributed by atoms with Crippen molar-refractivity contribution < 1.29 is 19.0 Å². The molecule has 5 nitrogen and oxygen atoms in total. The van der Waals surface area contributed by atoms with Crippen molar-refractivity contribution in [1.29, 1.82) is 0 Å². The fourth-order valence-corrected chi connectivity index (χ4v) is 1.16. The van der Waals surface area contributed by atoms with Crippen LogP contribution in [0.25, 0.3) is 0 Å². The average Bonchev–Trinajstić information content (AvgIpc) is 2.30. The summed E-state index contributed by atoms with van der Waals surface area (Å²) < 4.78 is 14.8. The van der Waals surface area contributed by atoms with Crippen LogP contribution in [0, 0.1) is 6.92 Å². The van der Waals surface area contributed by atoms with Gasteiger partial charge in [0, 0.05) is 18.9 Å². The third kappa shape index (κ3) is 3.20.